The summed E-state index contributed by atoms with van der Waals surface area (Å²) in [5, 5.41) is 5.81. The Labute approximate surface area is 102 Å². The van der Waals surface area contributed by atoms with Gasteiger partial charge in [-0.15, -0.1) is 11.3 Å². The first-order valence-electron chi connectivity index (χ1n) is 5.73. The van der Waals surface area contributed by atoms with Gasteiger partial charge in [-0.2, -0.15) is 11.8 Å². The molecule has 1 aromatic heterocycles. The highest BCUT2D eigenvalue weighted by Gasteiger charge is 2.09. The maximum absolute atomic E-state index is 3.65. The minimum Gasteiger partial charge on any atom is -0.308 e. The highest BCUT2D eigenvalue weighted by atomic mass is 32.2. The van der Waals surface area contributed by atoms with Gasteiger partial charge in [-0.05, 0) is 23.6 Å². The molecular weight excluding hydrogens is 222 g/mol. The van der Waals surface area contributed by atoms with Gasteiger partial charge in [0.15, 0.2) is 0 Å². The minimum absolute atomic E-state index is 0.576. The number of thiophene rings is 1. The molecule has 0 radical (unpaired) electrons. The van der Waals surface area contributed by atoms with Crippen LogP contribution in [-0.2, 0) is 0 Å². The van der Waals surface area contributed by atoms with Crippen LogP contribution < -0.4 is 5.32 Å². The molecule has 0 spiro atoms. The van der Waals surface area contributed by atoms with Crippen molar-refractivity contribution in [2.45, 2.75) is 32.7 Å². The molecule has 1 unspecified atom stereocenters. The monoisotopic (exact) mass is 243 g/mol. The van der Waals surface area contributed by atoms with E-state index < -0.39 is 0 Å². The second kappa shape index (κ2) is 8.20. The molecule has 0 bridgehead atoms. The molecule has 0 aliphatic carbocycles. The maximum atomic E-state index is 3.65. The minimum atomic E-state index is 0.576. The Bertz CT molecular complexity index is 234. The number of rotatable bonds is 8. The molecule has 1 aromatic rings. The van der Waals surface area contributed by atoms with Gasteiger partial charge in [0.2, 0.25) is 0 Å². The predicted molar refractivity (Wildman–Crippen MR) is 73.0 cm³/mol. The van der Waals surface area contributed by atoms with Crippen molar-refractivity contribution in [1.29, 1.82) is 0 Å². The van der Waals surface area contributed by atoms with Crippen molar-refractivity contribution in [3.63, 3.8) is 0 Å². The Kier molecular flexibility index (Phi) is 7.14. The van der Waals surface area contributed by atoms with Crippen molar-refractivity contribution in [1.82, 2.24) is 5.32 Å². The second-order valence-corrected chi connectivity index (χ2v) is 5.88. The van der Waals surface area contributed by atoms with Gasteiger partial charge in [-0.25, -0.2) is 0 Å². The molecular formula is C12H21NS2. The van der Waals surface area contributed by atoms with Crippen LogP contribution >= 0.6 is 23.1 Å². The van der Waals surface area contributed by atoms with Gasteiger partial charge in [0.1, 0.15) is 0 Å². The SMILES string of the molecule is CCCC(NCCSCC)c1cccs1. The van der Waals surface area contributed by atoms with E-state index in [4.69, 9.17) is 0 Å². The van der Waals surface area contributed by atoms with Crippen LogP contribution in [0.2, 0.25) is 0 Å². The van der Waals surface area contributed by atoms with Gasteiger partial charge in [0, 0.05) is 23.2 Å². The van der Waals surface area contributed by atoms with Crippen LogP contribution in [-0.4, -0.2) is 18.1 Å². The normalized spacial score (nSPS) is 12.9. The average molecular weight is 243 g/mol. The van der Waals surface area contributed by atoms with Gasteiger partial charge in [-0.3, -0.25) is 0 Å². The maximum Gasteiger partial charge on any atom is 0.0414 e. The lowest BCUT2D eigenvalue weighted by molar-refractivity contribution is 0.518. The first-order chi connectivity index (χ1) is 7.38. The lowest BCUT2D eigenvalue weighted by Crippen LogP contribution is -2.23. The van der Waals surface area contributed by atoms with E-state index in [1.807, 2.05) is 23.1 Å². The van der Waals surface area contributed by atoms with E-state index >= 15 is 0 Å². The summed E-state index contributed by atoms with van der Waals surface area (Å²) in [7, 11) is 0. The van der Waals surface area contributed by atoms with Crippen LogP contribution in [0.3, 0.4) is 0 Å². The zero-order chi connectivity index (χ0) is 10.9. The van der Waals surface area contributed by atoms with E-state index in [1.54, 1.807) is 0 Å². The Balaban J connectivity index is 2.31. The van der Waals surface area contributed by atoms with Crippen LogP contribution in [0.1, 0.15) is 37.6 Å². The topological polar surface area (TPSA) is 12.0 Å². The summed E-state index contributed by atoms with van der Waals surface area (Å²) >= 11 is 3.87. The molecule has 0 aliphatic heterocycles. The third-order valence-corrected chi connectivity index (χ3v) is 4.19. The van der Waals surface area contributed by atoms with Crippen molar-refractivity contribution >= 4 is 23.1 Å². The highest BCUT2D eigenvalue weighted by Crippen LogP contribution is 2.22. The Morgan fingerprint density at radius 3 is 2.93 bits per heavy atom. The molecule has 1 rings (SSSR count). The van der Waals surface area contributed by atoms with E-state index in [0.29, 0.717) is 6.04 Å². The van der Waals surface area contributed by atoms with Crippen molar-refractivity contribution in [3.8, 4) is 0 Å². The third kappa shape index (κ3) is 5.05. The summed E-state index contributed by atoms with van der Waals surface area (Å²) < 4.78 is 0. The number of nitrogens with one attached hydrogen (secondary N) is 1. The quantitative estimate of drug-likeness (QED) is 0.694. The van der Waals surface area contributed by atoms with Gasteiger partial charge in [0.05, 0.1) is 0 Å². The molecule has 0 aliphatic rings. The summed E-state index contributed by atoms with van der Waals surface area (Å²) in [5.74, 6) is 2.45. The molecule has 0 aromatic carbocycles. The average Bonchev–Trinajstić information content (AvgIpc) is 2.76. The standard InChI is InChI=1S/C12H21NS2/c1-3-6-11(12-7-5-9-15-12)13-8-10-14-4-2/h5,7,9,11,13H,3-4,6,8,10H2,1-2H3. The molecule has 1 heterocycles. The van der Waals surface area contributed by atoms with Crippen LogP contribution in [0.15, 0.2) is 17.5 Å². The molecule has 0 saturated heterocycles. The molecule has 15 heavy (non-hydrogen) atoms. The van der Waals surface area contributed by atoms with E-state index in [0.717, 1.165) is 6.54 Å². The second-order valence-electron chi connectivity index (χ2n) is 3.51. The molecule has 1 nitrogen and oxygen atoms in total. The van der Waals surface area contributed by atoms with Crippen molar-refractivity contribution in [3.05, 3.63) is 22.4 Å². The smallest absolute Gasteiger partial charge is 0.0414 e. The van der Waals surface area contributed by atoms with E-state index in [-0.39, 0.29) is 0 Å². The van der Waals surface area contributed by atoms with Gasteiger partial charge >= 0.3 is 0 Å². The van der Waals surface area contributed by atoms with Gasteiger partial charge < -0.3 is 5.32 Å². The van der Waals surface area contributed by atoms with Crippen molar-refractivity contribution < 1.29 is 0 Å². The Morgan fingerprint density at radius 1 is 1.47 bits per heavy atom. The summed E-state index contributed by atoms with van der Waals surface area (Å²) in [6.07, 6.45) is 2.49. The van der Waals surface area contributed by atoms with Crippen LogP contribution in [0.5, 0.6) is 0 Å². The molecule has 1 N–H and O–H groups in total. The number of hydrogen-bond acceptors (Lipinski definition) is 3. The summed E-state index contributed by atoms with van der Waals surface area (Å²) in [4.78, 5) is 1.48. The van der Waals surface area contributed by atoms with E-state index in [1.165, 1.54) is 29.2 Å². The van der Waals surface area contributed by atoms with E-state index in [2.05, 4.69) is 36.7 Å². The number of hydrogen-bond donors (Lipinski definition) is 1. The first-order valence-corrected chi connectivity index (χ1v) is 7.76. The molecule has 3 heteroatoms. The van der Waals surface area contributed by atoms with Crippen LogP contribution in [0.25, 0.3) is 0 Å². The first kappa shape index (κ1) is 13.1. The summed E-state index contributed by atoms with van der Waals surface area (Å²) in [6.45, 7) is 5.59. The van der Waals surface area contributed by atoms with Gasteiger partial charge in [-0.1, -0.05) is 26.3 Å². The zero-order valence-corrected chi connectivity index (χ0v) is 11.3. The fraction of sp³-hybridized carbons (Fsp3) is 0.667. The fourth-order valence-electron chi connectivity index (χ4n) is 1.57. The van der Waals surface area contributed by atoms with Crippen molar-refractivity contribution in [2.75, 3.05) is 18.1 Å². The lowest BCUT2D eigenvalue weighted by atomic mass is 10.1. The van der Waals surface area contributed by atoms with E-state index in [9.17, 15) is 0 Å². The molecule has 0 fully saturated rings. The third-order valence-electron chi connectivity index (χ3n) is 2.31. The molecule has 0 saturated carbocycles. The predicted octanol–water partition coefficient (Wildman–Crippen LogP) is 3.93. The fourth-order valence-corrected chi connectivity index (χ4v) is 2.96. The largest absolute Gasteiger partial charge is 0.308 e. The Hall–Kier alpha value is 0.01000. The lowest BCUT2D eigenvalue weighted by Gasteiger charge is -2.16. The molecule has 86 valence electrons. The summed E-state index contributed by atoms with van der Waals surface area (Å²) in [5.41, 5.74) is 0. The van der Waals surface area contributed by atoms with Gasteiger partial charge in [0.25, 0.3) is 0 Å². The van der Waals surface area contributed by atoms with Crippen LogP contribution in [0, 0.1) is 0 Å². The summed E-state index contributed by atoms with van der Waals surface area (Å²) in [6, 6.07) is 4.96. The van der Waals surface area contributed by atoms with Crippen molar-refractivity contribution in [2.24, 2.45) is 0 Å². The molecule has 1 atom stereocenters. The highest BCUT2D eigenvalue weighted by molar-refractivity contribution is 7.99. The zero-order valence-electron chi connectivity index (χ0n) is 9.66. The Morgan fingerprint density at radius 2 is 2.33 bits per heavy atom. The van der Waals surface area contributed by atoms with Crippen LogP contribution in [0.4, 0.5) is 0 Å². The molecule has 0 amide bonds. The number of thioether (sulfide) groups is 1.